The van der Waals surface area contributed by atoms with E-state index in [1.54, 1.807) is 7.11 Å². The first kappa shape index (κ1) is 17.0. The molecule has 25 heavy (non-hydrogen) atoms. The van der Waals surface area contributed by atoms with Gasteiger partial charge in [-0.05, 0) is 35.8 Å². The number of ether oxygens (including phenoxy) is 2. The molecule has 128 valence electrons. The van der Waals surface area contributed by atoms with E-state index in [1.165, 1.54) is 6.92 Å². The highest BCUT2D eigenvalue weighted by Crippen LogP contribution is 2.42. The van der Waals surface area contributed by atoms with E-state index in [9.17, 15) is 4.79 Å². The molecule has 0 amide bonds. The lowest BCUT2D eigenvalue weighted by molar-refractivity contribution is -0.137. The third kappa shape index (κ3) is 4.00. The molecule has 2 aromatic rings. The van der Waals surface area contributed by atoms with Gasteiger partial charge in [0.25, 0.3) is 0 Å². The van der Waals surface area contributed by atoms with Crippen LogP contribution >= 0.6 is 0 Å². The van der Waals surface area contributed by atoms with Crippen LogP contribution in [0.2, 0.25) is 0 Å². The Bertz CT molecular complexity index is 773. The molecule has 0 heterocycles. The highest BCUT2D eigenvalue weighted by molar-refractivity contribution is 5.67. The Kier molecular flexibility index (Phi) is 5.34. The van der Waals surface area contributed by atoms with Gasteiger partial charge in [-0.2, -0.15) is 0 Å². The van der Waals surface area contributed by atoms with E-state index in [1.807, 2.05) is 36.4 Å². The van der Waals surface area contributed by atoms with Gasteiger partial charge in [0, 0.05) is 12.8 Å². The fourth-order valence-electron chi connectivity index (χ4n) is 3.26. The van der Waals surface area contributed by atoms with Crippen molar-refractivity contribution >= 4 is 5.97 Å². The van der Waals surface area contributed by atoms with E-state index in [0.29, 0.717) is 5.76 Å². The fourth-order valence-corrected chi connectivity index (χ4v) is 3.26. The Morgan fingerprint density at radius 1 is 1.00 bits per heavy atom. The molecule has 0 unspecified atom stereocenters. The van der Waals surface area contributed by atoms with Gasteiger partial charge >= 0.3 is 5.97 Å². The van der Waals surface area contributed by atoms with Gasteiger partial charge in [-0.3, -0.25) is 4.79 Å². The lowest BCUT2D eigenvalue weighted by atomic mass is 9.80. The lowest BCUT2D eigenvalue weighted by Crippen LogP contribution is -2.15. The maximum absolute atomic E-state index is 11.6. The van der Waals surface area contributed by atoms with E-state index in [0.717, 1.165) is 23.3 Å². The number of carbonyl (C=O) groups excluding carboxylic acids is 1. The van der Waals surface area contributed by atoms with Crippen molar-refractivity contribution in [2.24, 2.45) is 0 Å². The van der Waals surface area contributed by atoms with E-state index >= 15 is 0 Å². The molecule has 0 spiro atoms. The largest absolute Gasteiger partial charge is 0.497 e. The molecule has 3 rings (SSSR count). The predicted octanol–water partition coefficient (Wildman–Crippen LogP) is 4.97. The number of methoxy groups -OCH3 is 1. The summed E-state index contributed by atoms with van der Waals surface area (Å²) in [6.07, 6.45) is 7.07. The summed E-state index contributed by atoms with van der Waals surface area (Å²) in [5.41, 5.74) is 2.29. The molecule has 2 atom stereocenters. The highest BCUT2D eigenvalue weighted by atomic mass is 16.5. The molecule has 3 nitrogen and oxygen atoms in total. The third-order valence-corrected chi connectivity index (χ3v) is 4.39. The van der Waals surface area contributed by atoms with Gasteiger partial charge in [0.05, 0.1) is 13.0 Å². The summed E-state index contributed by atoms with van der Waals surface area (Å²) in [7, 11) is 1.66. The van der Waals surface area contributed by atoms with Crippen LogP contribution in [0.15, 0.2) is 78.6 Å². The van der Waals surface area contributed by atoms with E-state index in [-0.39, 0.29) is 17.8 Å². The van der Waals surface area contributed by atoms with Crippen molar-refractivity contribution in [1.29, 1.82) is 0 Å². The zero-order chi connectivity index (χ0) is 17.6. The van der Waals surface area contributed by atoms with Crippen LogP contribution in [0, 0.1) is 0 Å². The second kappa shape index (κ2) is 7.84. The number of hydrogen-bond acceptors (Lipinski definition) is 3. The normalized spacial score (nSPS) is 19.7. The van der Waals surface area contributed by atoms with Crippen LogP contribution < -0.4 is 4.74 Å². The first-order valence-electron chi connectivity index (χ1n) is 8.43. The van der Waals surface area contributed by atoms with Crippen LogP contribution in [0.4, 0.5) is 0 Å². The van der Waals surface area contributed by atoms with Crippen LogP contribution in [0.3, 0.4) is 0 Å². The SMILES string of the molecule is COc1ccc([C@H]2C=CCC=C(OC(C)=O)[C@H]2c2ccccc2)cc1. The third-order valence-electron chi connectivity index (χ3n) is 4.39. The minimum absolute atomic E-state index is 0.0442. The predicted molar refractivity (Wildman–Crippen MR) is 98.5 cm³/mol. The van der Waals surface area contributed by atoms with Crippen LogP contribution in [-0.2, 0) is 9.53 Å². The minimum atomic E-state index is -0.289. The molecule has 0 fully saturated rings. The van der Waals surface area contributed by atoms with Crippen LogP contribution in [0.1, 0.15) is 36.3 Å². The number of benzene rings is 2. The van der Waals surface area contributed by atoms with Crippen molar-refractivity contribution in [2.75, 3.05) is 7.11 Å². The first-order valence-corrected chi connectivity index (χ1v) is 8.43. The van der Waals surface area contributed by atoms with Crippen LogP contribution in [0.5, 0.6) is 5.75 Å². The summed E-state index contributed by atoms with van der Waals surface area (Å²) >= 11 is 0. The van der Waals surface area contributed by atoms with Crippen molar-refractivity contribution in [1.82, 2.24) is 0 Å². The second-order valence-corrected chi connectivity index (χ2v) is 6.05. The zero-order valence-corrected chi connectivity index (χ0v) is 14.5. The Morgan fingerprint density at radius 2 is 1.72 bits per heavy atom. The van der Waals surface area contributed by atoms with Gasteiger partial charge in [0.2, 0.25) is 0 Å². The molecule has 0 bridgehead atoms. The maximum Gasteiger partial charge on any atom is 0.307 e. The summed E-state index contributed by atoms with van der Waals surface area (Å²) in [4.78, 5) is 11.6. The van der Waals surface area contributed by atoms with E-state index in [2.05, 4.69) is 36.4 Å². The van der Waals surface area contributed by atoms with Crippen LogP contribution in [-0.4, -0.2) is 13.1 Å². The quantitative estimate of drug-likeness (QED) is 0.585. The number of allylic oxidation sites excluding steroid dienone is 4. The molecule has 0 aromatic heterocycles. The number of rotatable bonds is 4. The second-order valence-electron chi connectivity index (χ2n) is 6.05. The lowest BCUT2D eigenvalue weighted by Gasteiger charge is -2.26. The van der Waals surface area contributed by atoms with Gasteiger partial charge in [-0.1, -0.05) is 54.6 Å². The molecule has 2 aromatic carbocycles. The first-order chi connectivity index (χ1) is 12.2. The minimum Gasteiger partial charge on any atom is -0.497 e. The monoisotopic (exact) mass is 334 g/mol. The standard InChI is InChI=1S/C22H22O3/c1-16(23)25-21-11-7-6-10-20(17-12-14-19(24-2)15-13-17)22(21)18-8-4-3-5-9-18/h3-6,8-15,20,22H,7H2,1-2H3/t20-,22+/m1/s1. The fraction of sp³-hybridized carbons (Fsp3) is 0.227. The van der Waals surface area contributed by atoms with Crippen LogP contribution in [0.25, 0.3) is 0 Å². The summed E-state index contributed by atoms with van der Waals surface area (Å²) < 4.78 is 10.9. The summed E-state index contributed by atoms with van der Waals surface area (Å²) in [6, 6.07) is 18.3. The summed E-state index contributed by atoms with van der Waals surface area (Å²) in [5.74, 6) is 1.29. The smallest absolute Gasteiger partial charge is 0.307 e. The average molecular weight is 334 g/mol. The molecule has 0 N–H and O–H groups in total. The maximum atomic E-state index is 11.6. The molecule has 3 heteroatoms. The van der Waals surface area contributed by atoms with Crippen molar-refractivity contribution in [3.05, 3.63) is 89.7 Å². The number of hydrogen-bond donors (Lipinski definition) is 0. The van der Waals surface area contributed by atoms with E-state index in [4.69, 9.17) is 9.47 Å². The molecule has 0 saturated carbocycles. The Labute approximate surface area is 148 Å². The van der Waals surface area contributed by atoms with Crippen molar-refractivity contribution < 1.29 is 14.3 Å². The number of esters is 1. The van der Waals surface area contributed by atoms with Crippen molar-refractivity contribution in [3.63, 3.8) is 0 Å². The highest BCUT2D eigenvalue weighted by Gasteiger charge is 2.29. The van der Waals surface area contributed by atoms with Gasteiger partial charge in [0.1, 0.15) is 11.5 Å². The Morgan fingerprint density at radius 3 is 2.36 bits per heavy atom. The van der Waals surface area contributed by atoms with Crippen molar-refractivity contribution in [3.8, 4) is 5.75 Å². The topological polar surface area (TPSA) is 35.5 Å². The van der Waals surface area contributed by atoms with Gasteiger partial charge in [-0.15, -0.1) is 0 Å². The number of carbonyl (C=O) groups is 1. The molecule has 0 aliphatic heterocycles. The Balaban J connectivity index is 2.06. The molecule has 0 radical (unpaired) electrons. The molecule has 0 saturated heterocycles. The van der Waals surface area contributed by atoms with Gasteiger partial charge in [-0.25, -0.2) is 0 Å². The molecule has 1 aliphatic rings. The summed E-state index contributed by atoms with van der Waals surface area (Å²) in [6.45, 7) is 1.45. The van der Waals surface area contributed by atoms with E-state index < -0.39 is 0 Å². The molecule has 1 aliphatic carbocycles. The van der Waals surface area contributed by atoms with Crippen molar-refractivity contribution in [2.45, 2.75) is 25.2 Å². The Hall–Kier alpha value is -2.81. The molecular weight excluding hydrogens is 312 g/mol. The van der Waals surface area contributed by atoms with Gasteiger partial charge < -0.3 is 9.47 Å². The molecular formula is C22H22O3. The summed E-state index contributed by atoms with van der Waals surface area (Å²) in [5, 5.41) is 0. The zero-order valence-electron chi connectivity index (χ0n) is 14.5. The van der Waals surface area contributed by atoms with Gasteiger partial charge in [0.15, 0.2) is 0 Å². The average Bonchev–Trinajstić information content (AvgIpc) is 2.84.